The van der Waals surface area contributed by atoms with E-state index in [4.69, 9.17) is 28.9 Å². The summed E-state index contributed by atoms with van der Waals surface area (Å²) in [6.07, 6.45) is 2.59. The van der Waals surface area contributed by atoms with E-state index in [1.54, 1.807) is 22.9 Å². The van der Waals surface area contributed by atoms with Gasteiger partial charge in [-0.1, -0.05) is 23.2 Å². The maximum absolute atomic E-state index is 11.8. The monoisotopic (exact) mass is 393 g/mol. The molecule has 2 aromatic rings. The number of aliphatic hydroxyl groups is 1. The van der Waals surface area contributed by atoms with Crippen molar-refractivity contribution < 1.29 is 9.90 Å². The van der Waals surface area contributed by atoms with Crippen molar-refractivity contribution in [2.45, 2.75) is 31.4 Å². The summed E-state index contributed by atoms with van der Waals surface area (Å²) >= 11 is 11.9. The number of nitrogens with one attached hydrogen (secondary N) is 1. The lowest BCUT2D eigenvalue weighted by Gasteiger charge is -2.30. The number of halogens is 2. The molecule has 0 unspecified atom stereocenters. The van der Waals surface area contributed by atoms with Gasteiger partial charge in [0.2, 0.25) is 0 Å². The number of aliphatic hydroxyl groups excluding tert-OH is 1. The Morgan fingerprint density at radius 2 is 2.15 bits per heavy atom. The third kappa shape index (κ3) is 3.78. The Hall–Kier alpha value is -2.27. The van der Waals surface area contributed by atoms with E-state index < -0.39 is 17.9 Å². The van der Waals surface area contributed by atoms with Crippen LogP contribution >= 0.6 is 23.2 Å². The van der Waals surface area contributed by atoms with Crippen LogP contribution in [0.5, 0.6) is 0 Å². The predicted octanol–water partition coefficient (Wildman–Crippen LogP) is 3.26. The number of amides is 1. The summed E-state index contributed by atoms with van der Waals surface area (Å²) in [5, 5.41) is 27.4. The molecule has 3 rings (SSSR count). The Morgan fingerprint density at radius 3 is 2.81 bits per heavy atom. The molecule has 3 atom stereocenters. The second-order valence-electron chi connectivity index (χ2n) is 6.26. The van der Waals surface area contributed by atoms with Crippen molar-refractivity contribution in [3.8, 4) is 6.07 Å². The number of benzene rings is 1. The van der Waals surface area contributed by atoms with Crippen molar-refractivity contribution in [2.75, 3.05) is 5.32 Å². The van der Waals surface area contributed by atoms with Gasteiger partial charge < -0.3 is 16.2 Å². The second-order valence-corrected chi connectivity index (χ2v) is 7.07. The summed E-state index contributed by atoms with van der Waals surface area (Å²) in [7, 11) is 0. The number of anilines is 2. The molecule has 0 bridgehead atoms. The fourth-order valence-corrected chi connectivity index (χ4v) is 3.43. The molecule has 7 nitrogen and oxygen atoms in total. The number of nitrogens with zero attached hydrogens (tertiary/aromatic N) is 3. The average molecular weight is 394 g/mol. The van der Waals surface area contributed by atoms with Gasteiger partial charge in [0, 0.05) is 11.9 Å². The lowest BCUT2D eigenvalue weighted by molar-refractivity contribution is 0.0861. The summed E-state index contributed by atoms with van der Waals surface area (Å²) in [5.41, 5.74) is 6.28. The summed E-state index contributed by atoms with van der Waals surface area (Å²) in [6, 6.07) is 6.93. The Morgan fingerprint density at radius 1 is 1.38 bits per heavy atom. The van der Waals surface area contributed by atoms with Crippen LogP contribution < -0.4 is 11.1 Å². The largest absolute Gasteiger partial charge is 0.393 e. The minimum atomic E-state index is -0.636. The zero-order chi connectivity index (χ0) is 18.8. The zero-order valence-electron chi connectivity index (χ0n) is 13.7. The highest BCUT2D eigenvalue weighted by atomic mass is 35.5. The molecular weight excluding hydrogens is 377 g/mol. The van der Waals surface area contributed by atoms with Crippen LogP contribution in [0.2, 0.25) is 10.0 Å². The maximum atomic E-state index is 11.8. The number of carbonyl (C=O) groups is 1. The van der Waals surface area contributed by atoms with Crippen LogP contribution in [-0.4, -0.2) is 26.9 Å². The number of hydrogen-bond acceptors (Lipinski definition) is 5. The fraction of sp³-hybridized carbons (Fsp3) is 0.353. The zero-order valence-corrected chi connectivity index (χ0v) is 15.2. The minimum absolute atomic E-state index is 0.207. The Labute approximate surface area is 160 Å². The first-order valence-electron chi connectivity index (χ1n) is 8.07. The van der Waals surface area contributed by atoms with E-state index in [2.05, 4.69) is 16.5 Å². The van der Waals surface area contributed by atoms with Crippen LogP contribution in [0.1, 0.15) is 35.7 Å². The highest BCUT2D eigenvalue weighted by Crippen LogP contribution is 2.35. The Balaban J connectivity index is 1.92. The Kier molecular flexibility index (Phi) is 5.37. The van der Waals surface area contributed by atoms with Crippen molar-refractivity contribution in [3.63, 3.8) is 0 Å². The highest BCUT2D eigenvalue weighted by Gasteiger charge is 2.32. The van der Waals surface area contributed by atoms with E-state index in [1.165, 1.54) is 6.20 Å². The number of nitrogens with two attached hydrogens (primary N) is 1. The van der Waals surface area contributed by atoms with Crippen molar-refractivity contribution in [2.24, 2.45) is 11.7 Å². The molecule has 1 aromatic carbocycles. The lowest BCUT2D eigenvalue weighted by Crippen LogP contribution is -2.29. The minimum Gasteiger partial charge on any atom is -0.393 e. The van der Waals surface area contributed by atoms with E-state index in [0.717, 1.165) is 0 Å². The molecule has 0 saturated heterocycles. The van der Waals surface area contributed by atoms with Gasteiger partial charge >= 0.3 is 0 Å². The number of primary amides is 1. The van der Waals surface area contributed by atoms with Crippen LogP contribution in [0.15, 0.2) is 24.4 Å². The molecule has 1 aliphatic rings. The molecule has 4 N–H and O–H groups in total. The molecule has 136 valence electrons. The molecule has 1 heterocycles. The first kappa shape index (κ1) is 18.5. The highest BCUT2D eigenvalue weighted by molar-refractivity contribution is 6.42. The number of hydrogen-bond donors (Lipinski definition) is 3. The van der Waals surface area contributed by atoms with Gasteiger partial charge in [-0.25, -0.2) is 0 Å². The molecule has 1 saturated carbocycles. The van der Waals surface area contributed by atoms with E-state index in [-0.39, 0.29) is 17.4 Å². The number of carbonyl (C=O) groups excluding carboxylic acids is 1. The maximum Gasteiger partial charge on any atom is 0.254 e. The van der Waals surface area contributed by atoms with E-state index in [1.807, 2.05) is 0 Å². The van der Waals surface area contributed by atoms with Gasteiger partial charge in [0.15, 0.2) is 5.82 Å². The van der Waals surface area contributed by atoms with Crippen LogP contribution in [0, 0.1) is 17.2 Å². The Bertz CT molecular complexity index is 877. The van der Waals surface area contributed by atoms with Crippen molar-refractivity contribution in [1.29, 1.82) is 5.26 Å². The van der Waals surface area contributed by atoms with Crippen molar-refractivity contribution >= 4 is 40.6 Å². The van der Waals surface area contributed by atoms with E-state index >= 15 is 0 Å². The van der Waals surface area contributed by atoms with Gasteiger partial charge in [-0.05, 0) is 37.5 Å². The summed E-state index contributed by atoms with van der Waals surface area (Å²) in [4.78, 5) is 11.8. The fourth-order valence-electron chi connectivity index (χ4n) is 3.13. The molecule has 1 fully saturated rings. The summed E-state index contributed by atoms with van der Waals surface area (Å²) in [5.74, 6) is -0.751. The first-order valence-corrected chi connectivity index (χ1v) is 8.83. The van der Waals surface area contributed by atoms with Crippen LogP contribution in [0.25, 0.3) is 0 Å². The van der Waals surface area contributed by atoms with Gasteiger partial charge in [-0.15, -0.1) is 0 Å². The molecule has 26 heavy (non-hydrogen) atoms. The first-order chi connectivity index (χ1) is 12.4. The van der Waals surface area contributed by atoms with Gasteiger partial charge in [0.05, 0.1) is 34.2 Å². The topological polar surface area (TPSA) is 117 Å². The summed E-state index contributed by atoms with van der Waals surface area (Å²) in [6.45, 7) is 0. The van der Waals surface area contributed by atoms with Gasteiger partial charge in [0.25, 0.3) is 5.91 Å². The molecule has 1 aromatic heterocycles. The molecule has 1 aliphatic carbocycles. The van der Waals surface area contributed by atoms with Gasteiger partial charge in [-0.3, -0.25) is 9.48 Å². The molecular formula is C17H17Cl2N5O2. The van der Waals surface area contributed by atoms with Crippen LogP contribution in [0.3, 0.4) is 0 Å². The smallest absolute Gasteiger partial charge is 0.254 e. The molecule has 9 heteroatoms. The number of rotatable bonds is 4. The van der Waals surface area contributed by atoms with E-state index in [0.29, 0.717) is 35.0 Å². The SMILES string of the molecule is N#C[C@H]1C[C@H](O)CC[C@@H]1n1cc(C(N)=O)c(Nc2ccc(Cl)c(Cl)c2)n1. The van der Waals surface area contributed by atoms with Gasteiger partial charge in [0.1, 0.15) is 5.56 Å². The van der Waals surface area contributed by atoms with Crippen LogP contribution in [-0.2, 0) is 0 Å². The predicted molar refractivity (Wildman–Crippen MR) is 98.5 cm³/mol. The van der Waals surface area contributed by atoms with E-state index in [9.17, 15) is 15.2 Å². The molecule has 0 aliphatic heterocycles. The van der Waals surface area contributed by atoms with Crippen molar-refractivity contribution in [1.82, 2.24) is 9.78 Å². The number of aromatic nitrogens is 2. The normalized spacial score (nSPS) is 22.6. The standard InChI is InChI=1S/C17H17Cl2N5O2/c18-13-3-1-10(6-14(13)19)22-17-12(16(21)26)8-24(23-17)15-4-2-11(25)5-9(15)7-20/h1,3,6,8-9,11,15,25H,2,4-5H2,(H2,21,26)(H,22,23)/t9-,11-,15+/m1/s1. The molecule has 1 amide bonds. The third-order valence-electron chi connectivity index (χ3n) is 4.47. The third-order valence-corrected chi connectivity index (χ3v) is 5.21. The quantitative estimate of drug-likeness (QED) is 0.736. The van der Waals surface area contributed by atoms with Crippen molar-refractivity contribution in [3.05, 3.63) is 40.0 Å². The second kappa shape index (κ2) is 7.54. The molecule has 0 radical (unpaired) electrons. The molecule has 0 spiro atoms. The number of nitriles is 1. The average Bonchev–Trinajstić information content (AvgIpc) is 3.02. The lowest BCUT2D eigenvalue weighted by atomic mass is 9.84. The summed E-state index contributed by atoms with van der Waals surface area (Å²) < 4.78 is 1.58. The van der Waals surface area contributed by atoms with Crippen LogP contribution in [0.4, 0.5) is 11.5 Å². The van der Waals surface area contributed by atoms with Gasteiger partial charge in [-0.2, -0.15) is 10.4 Å².